The Labute approximate surface area is 181 Å². The van der Waals surface area contributed by atoms with Crippen molar-refractivity contribution in [3.8, 4) is 0 Å². The Balaban J connectivity index is 5.43. The van der Waals surface area contributed by atoms with Gasteiger partial charge in [0, 0.05) is 6.42 Å². The highest BCUT2D eigenvalue weighted by Crippen LogP contribution is 2.11. The zero-order valence-corrected chi connectivity index (χ0v) is 18.4. The van der Waals surface area contributed by atoms with E-state index in [4.69, 9.17) is 16.6 Å². The van der Waals surface area contributed by atoms with E-state index in [2.05, 4.69) is 16.0 Å². The van der Waals surface area contributed by atoms with Gasteiger partial charge in [-0.15, -0.1) is 0 Å². The van der Waals surface area contributed by atoms with Crippen LogP contribution in [0.5, 0.6) is 0 Å². The molecular formula is C19H35N5O7. The summed E-state index contributed by atoms with van der Waals surface area (Å²) in [5.41, 5.74) is 10.5. The van der Waals surface area contributed by atoms with Gasteiger partial charge in [0.25, 0.3) is 0 Å². The molecule has 0 aliphatic carbocycles. The van der Waals surface area contributed by atoms with E-state index in [-0.39, 0.29) is 18.8 Å². The fraction of sp³-hybridized carbons (Fsp3) is 0.737. The summed E-state index contributed by atoms with van der Waals surface area (Å²) in [6, 6.07) is -4.68. The largest absolute Gasteiger partial charge is 0.480 e. The van der Waals surface area contributed by atoms with E-state index in [0.717, 1.165) is 0 Å². The summed E-state index contributed by atoms with van der Waals surface area (Å²) >= 11 is 0. The Morgan fingerprint density at radius 1 is 0.903 bits per heavy atom. The second kappa shape index (κ2) is 13.5. The number of aliphatic hydroxyl groups excluding tert-OH is 1. The van der Waals surface area contributed by atoms with Gasteiger partial charge in [-0.25, -0.2) is 4.79 Å². The highest BCUT2D eigenvalue weighted by Gasteiger charge is 2.33. The Bertz CT molecular complexity index is 656. The Morgan fingerprint density at radius 2 is 1.42 bits per heavy atom. The number of primary amides is 1. The molecule has 31 heavy (non-hydrogen) atoms. The smallest absolute Gasteiger partial charge is 0.326 e. The molecule has 0 aromatic rings. The van der Waals surface area contributed by atoms with Gasteiger partial charge >= 0.3 is 5.97 Å². The first-order chi connectivity index (χ1) is 14.3. The number of carboxylic acid groups (broad SMARTS) is 1. The van der Waals surface area contributed by atoms with Gasteiger partial charge < -0.3 is 37.6 Å². The third kappa shape index (κ3) is 9.75. The lowest BCUT2D eigenvalue weighted by Gasteiger charge is -2.29. The lowest BCUT2D eigenvalue weighted by molar-refractivity contribution is -0.143. The molecule has 0 heterocycles. The number of hydrogen-bond donors (Lipinski definition) is 7. The Kier molecular flexibility index (Phi) is 12.4. The molecule has 0 radical (unpaired) electrons. The third-order valence-electron chi connectivity index (χ3n) is 4.87. The molecule has 12 nitrogen and oxygen atoms in total. The minimum absolute atomic E-state index is 0.195. The number of carbonyl (C=O) groups is 5. The van der Waals surface area contributed by atoms with Crippen molar-refractivity contribution in [2.75, 3.05) is 6.61 Å². The van der Waals surface area contributed by atoms with Gasteiger partial charge in [0.1, 0.15) is 24.2 Å². The lowest BCUT2D eigenvalue weighted by atomic mass is 9.96. The predicted molar refractivity (Wildman–Crippen MR) is 111 cm³/mol. The van der Waals surface area contributed by atoms with Crippen LogP contribution < -0.4 is 27.4 Å². The number of nitrogens with two attached hydrogens (primary N) is 2. The van der Waals surface area contributed by atoms with Crippen LogP contribution in [-0.2, 0) is 24.0 Å². The average Bonchev–Trinajstić information content (AvgIpc) is 2.70. The highest BCUT2D eigenvalue weighted by molar-refractivity contribution is 5.94. The minimum Gasteiger partial charge on any atom is -0.480 e. The average molecular weight is 446 g/mol. The van der Waals surface area contributed by atoms with Gasteiger partial charge in [-0.3, -0.25) is 19.2 Å². The number of aliphatic hydroxyl groups is 1. The van der Waals surface area contributed by atoms with Gasteiger partial charge in [0.15, 0.2) is 0 Å². The maximum atomic E-state index is 12.9. The minimum atomic E-state index is -1.36. The molecule has 178 valence electrons. The van der Waals surface area contributed by atoms with Gasteiger partial charge in [0.05, 0.1) is 6.61 Å². The van der Waals surface area contributed by atoms with Crippen LogP contribution >= 0.6 is 0 Å². The molecule has 12 heteroatoms. The lowest BCUT2D eigenvalue weighted by Crippen LogP contribution is -2.60. The van der Waals surface area contributed by atoms with Crippen LogP contribution in [0.2, 0.25) is 0 Å². The van der Waals surface area contributed by atoms with Gasteiger partial charge in [-0.2, -0.15) is 0 Å². The number of carbonyl (C=O) groups excluding carboxylic acids is 4. The SMILES string of the molecule is CCC(C)C(NC(=O)C(N)CO)C(=O)NC(C(=O)NC(CCC(N)=O)C(=O)O)C(C)C. The maximum Gasteiger partial charge on any atom is 0.326 e. The summed E-state index contributed by atoms with van der Waals surface area (Å²) in [7, 11) is 0. The molecule has 0 aliphatic rings. The molecule has 9 N–H and O–H groups in total. The first-order valence-electron chi connectivity index (χ1n) is 10.1. The van der Waals surface area contributed by atoms with E-state index >= 15 is 0 Å². The van der Waals surface area contributed by atoms with Gasteiger partial charge in [0.2, 0.25) is 23.6 Å². The van der Waals surface area contributed by atoms with Crippen LogP contribution in [0.15, 0.2) is 0 Å². The summed E-state index contributed by atoms with van der Waals surface area (Å²) in [6.45, 7) is 6.25. The Hall–Kier alpha value is -2.73. The monoisotopic (exact) mass is 445 g/mol. The van der Waals surface area contributed by atoms with E-state index < -0.39 is 66.3 Å². The van der Waals surface area contributed by atoms with E-state index in [1.54, 1.807) is 20.8 Å². The summed E-state index contributed by atoms with van der Waals surface area (Å²) < 4.78 is 0. The molecule has 4 amide bonds. The van der Waals surface area contributed by atoms with Crippen molar-refractivity contribution in [2.45, 2.75) is 71.1 Å². The summed E-state index contributed by atoms with van der Waals surface area (Å²) in [4.78, 5) is 59.9. The van der Waals surface area contributed by atoms with Crippen molar-refractivity contribution in [3.05, 3.63) is 0 Å². The summed E-state index contributed by atoms with van der Waals surface area (Å²) in [6.07, 6.45) is 0.0996. The number of aliphatic carboxylic acids is 1. The maximum absolute atomic E-state index is 12.9. The van der Waals surface area contributed by atoms with Crippen LogP contribution in [0, 0.1) is 11.8 Å². The third-order valence-corrected chi connectivity index (χ3v) is 4.87. The van der Waals surface area contributed by atoms with Crippen LogP contribution in [-0.4, -0.2) is 70.6 Å². The first kappa shape index (κ1) is 28.3. The van der Waals surface area contributed by atoms with Crippen molar-refractivity contribution in [2.24, 2.45) is 23.3 Å². The number of carboxylic acids is 1. The van der Waals surface area contributed by atoms with E-state index in [1.165, 1.54) is 0 Å². The van der Waals surface area contributed by atoms with Crippen molar-refractivity contribution < 1.29 is 34.2 Å². The Morgan fingerprint density at radius 3 is 1.84 bits per heavy atom. The zero-order chi connectivity index (χ0) is 24.3. The molecule has 0 aliphatic heterocycles. The predicted octanol–water partition coefficient (Wildman–Crippen LogP) is -2.19. The number of rotatable bonds is 14. The molecule has 0 rings (SSSR count). The van der Waals surface area contributed by atoms with Crippen LogP contribution in [0.4, 0.5) is 0 Å². The van der Waals surface area contributed by atoms with Crippen molar-refractivity contribution in [3.63, 3.8) is 0 Å². The quantitative estimate of drug-likeness (QED) is 0.155. The van der Waals surface area contributed by atoms with Crippen molar-refractivity contribution in [1.82, 2.24) is 16.0 Å². The second-order valence-electron chi connectivity index (χ2n) is 7.80. The molecule has 5 unspecified atom stereocenters. The van der Waals surface area contributed by atoms with E-state index in [0.29, 0.717) is 6.42 Å². The molecule has 0 saturated carbocycles. The fourth-order valence-corrected chi connectivity index (χ4v) is 2.63. The number of nitrogens with one attached hydrogen (secondary N) is 3. The highest BCUT2D eigenvalue weighted by atomic mass is 16.4. The van der Waals surface area contributed by atoms with Gasteiger partial charge in [-0.1, -0.05) is 34.1 Å². The van der Waals surface area contributed by atoms with Crippen molar-refractivity contribution in [1.29, 1.82) is 0 Å². The molecular weight excluding hydrogens is 410 g/mol. The first-order valence-corrected chi connectivity index (χ1v) is 10.1. The van der Waals surface area contributed by atoms with Gasteiger partial charge in [-0.05, 0) is 18.3 Å². The molecule has 0 spiro atoms. The van der Waals surface area contributed by atoms with Crippen LogP contribution in [0.25, 0.3) is 0 Å². The topological polar surface area (TPSA) is 214 Å². The second-order valence-corrected chi connectivity index (χ2v) is 7.80. The van der Waals surface area contributed by atoms with Crippen LogP contribution in [0.1, 0.15) is 47.0 Å². The molecule has 0 saturated heterocycles. The summed E-state index contributed by atoms with van der Waals surface area (Å²) in [5.74, 6) is -4.89. The summed E-state index contributed by atoms with van der Waals surface area (Å²) in [5, 5.41) is 25.6. The molecule has 5 atom stereocenters. The fourth-order valence-electron chi connectivity index (χ4n) is 2.63. The molecule has 0 fully saturated rings. The van der Waals surface area contributed by atoms with Crippen LogP contribution in [0.3, 0.4) is 0 Å². The molecule has 0 bridgehead atoms. The van der Waals surface area contributed by atoms with E-state index in [1.807, 2.05) is 6.92 Å². The molecule has 0 aromatic heterocycles. The standard InChI is InChI=1S/C19H35N5O7/c1-5-10(4)15(24-16(27)11(20)8-25)18(29)23-14(9(2)3)17(28)22-12(19(30)31)6-7-13(21)26/h9-12,14-15,25H,5-8,20H2,1-4H3,(H2,21,26)(H,22,28)(H,23,29)(H,24,27)(H,30,31). The normalized spacial score (nSPS) is 15.8. The van der Waals surface area contributed by atoms with E-state index in [9.17, 15) is 29.1 Å². The number of hydrogen-bond acceptors (Lipinski definition) is 7. The zero-order valence-electron chi connectivity index (χ0n) is 18.4. The molecule has 0 aromatic carbocycles. The van der Waals surface area contributed by atoms with Crippen molar-refractivity contribution >= 4 is 29.6 Å². The number of amides is 4.